The maximum Gasteiger partial charge on any atom is 0.242 e. The average Bonchev–Trinajstić information content (AvgIpc) is 3.37. The number of halogens is 1. The monoisotopic (exact) mass is 345 g/mol. The summed E-state index contributed by atoms with van der Waals surface area (Å²) < 4.78 is 5.31. The summed E-state index contributed by atoms with van der Waals surface area (Å²) in [6.45, 7) is 3.10. The molecule has 2 heterocycles. The fraction of sp³-hybridized carbons (Fsp3) is 0.875. The Kier molecular flexibility index (Phi) is 6.28. The predicted molar refractivity (Wildman–Crippen MR) is 89.3 cm³/mol. The quantitative estimate of drug-likeness (QED) is 0.784. The molecule has 0 bridgehead atoms. The Morgan fingerprint density at radius 3 is 2.57 bits per heavy atom. The first-order valence-electron chi connectivity index (χ1n) is 8.52. The molecule has 1 unspecified atom stereocenters. The van der Waals surface area contributed by atoms with E-state index in [2.05, 4.69) is 5.32 Å². The maximum atomic E-state index is 12.7. The summed E-state index contributed by atoms with van der Waals surface area (Å²) in [4.78, 5) is 26.8. The first-order chi connectivity index (χ1) is 10.6. The molecule has 132 valence electrons. The molecule has 1 aliphatic carbocycles. The van der Waals surface area contributed by atoms with Crippen molar-refractivity contribution < 1.29 is 14.3 Å². The van der Waals surface area contributed by atoms with Gasteiger partial charge in [-0.15, -0.1) is 12.4 Å². The Hall–Kier alpha value is -0.850. The highest BCUT2D eigenvalue weighted by atomic mass is 35.5. The Morgan fingerprint density at radius 1 is 1.22 bits per heavy atom. The molecule has 3 N–H and O–H groups in total. The van der Waals surface area contributed by atoms with Gasteiger partial charge in [0.2, 0.25) is 11.8 Å². The second kappa shape index (κ2) is 7.81. The molecule has 1 atom stereocenters. The number of piperidine rings is 1. The molecule has 0 radical (unpaired) electrons. The van der Waals surface area contributed by atoms with Gasteiger partial charge in [-0.25, -0.2) is 0 Å². The van der Waals surface area contributed by atoms with Crippen LogP contribution in [0.3, 0.4) is 0 Å². The van der Waals surface area contributed by atoms with Crippen molar-refractivity contribution in [3.63, 3.8) is 0 Å². The van der Waals surface area contributed by atoms with E-state index in [1.165, 1.54) is 12.8 Å². The zero-order valence-electron chi connectivity index (χ0n) is 13.6. The van der Waals surface area contributed by atoms with Crippen LogP contribution in [0.4, 0.5) is 0 Å². The molecule has 2 saturated heterocycles. The highest BCUT2D eigenvalue weighted by Crippen LogP contribution is 2.28. The van der Waals surface area contributed by atoms with Crippen LogP contribution in [0.15, 0.2) is 0 Å². The molecule has 0 aromatic rings. The normalized spacial score (nSPS) is 27.0. The number of amides is 2. The number of ether oxygens (including phenoxy) is 1. The Labute approximate surface area is 143 Å². The molecular formula is C16H28ClN3O3. The van der Waals surface area contributed by atoms with Gasteiger partial charge in [0.15, 0.2) is 0 Å². The molecule has 2 amide bonds. The summed E-state index contributed by atoms with van der Waals surface area (Å²) in [5.74, 6) is 0.692. The molecule has 3 aliphatic rings. The number of nitrogens with zero attached hydrogens (tertiary/aromatic N) is 1. The van der Waals surface area contributed by atoms with Crippen molar-refractivity contribution in [2.24, 2.45) is 17.6 Å². The predicted octanol–water partition coefficient (Wildman–Crippen LogP) is 0.681. The van der Waals surface area contributed by atoms with Crippen molar-refractivity contribution in [1.29, 1.82) is 0 Å². The van der Waals surface area contributed by atoms with Gasteiger partial charge in [0.25, 0.3) is 0 Å². The van der Waals surface area contributed by atoms with E-state index in [1.54, 1.807) is 4.90 Å². The number of carbonyl (C=O) groups excluding carboxylic acids is 2. The molecule has 0 spiro atoms. The van der Waals surface area contributed by atoms with Crippen LogP contribution in [-0.2, 0) is 14.3 Å². The molecule has 23 heavy (non-hydrogen) atoms. The average molecular weight is 346 g/mol. The van der Waals surface area contributed by atoms with E-state index >= 15 is 0 Å². The highest BCUT2D eigenvalue weighted by Gasteiger charge is 2.41. The van der Waals surface area contributed by atoms with Crippen molar-refractivity contribution in [2.75, 3.05) is 32.8 Å². The third kappa shape index (κ3) is 4.58. The number of carbonyl (C=O) groups is 2. The first-order valence-corrected chi connectivity index (χ1v) is 8.52. The fourth-order valence-electron chi connectivity index (χ4n) is 3.35. The zero-order chi connectivity index (χ0) is 15.6. The van der Waals surface area contributed by atoms with Crippen molar-refractivity contribution >= 4 is 24.2 Å². The smallest absolute Gasteiger partial charge is 0.242 e. The van der Waals surface area contributed by atoms with Crippen LogP contribution in [0, 0.1) is 11.8 Å². The largest absolute Gasteiger partial charge is 0.381 e. The minimum atomic E-state index is -0.801. The van der Waals surface area contributed by atoms with Gasteiger partial charge in [0.1, 0.15) is 0 Å². The lowest BCUT2D eigenvalue weighted by molar-refractivity contribution is -0.143. The Morgan fingerprint density at radius 2 is 1.91 bits per heavy atom. The lowest BCUT2D eigenvalue weighted by atomic mass is 9.87. The number of nitrogens with two attached hydrogens (primary N) is 1. The molecule has 3 fully saturated rings. The standard InChI is InChI=1S/C16H27N3O3.ClH/c17-16(5-8-22-9-6-16)15(21)19-7-1-2-13(11-19)14(20)18-10-12-3-4-12;/h12-13H,1-11,17H2,(H,18,20);1H. The Balaban J connectivity index is 0.00000192. The van der Waals surface area contributed by atoms with E-state index in [0.29, 0.717) is 45.1 Å². The van der Waals surface area contributed by atoms with Gasteiger partial charge >= 0.3 is 0 Å². The summed E-state index contributed by atoms with van der Waals surface area (Å²) in [6, 6.07) is 0. The topological polar surface area (TPSA) is 84.7 Å². The molecule has 0 aromatic heterocycles. The molecule has 1 saturated carbocycles. The summed E-state index contributed by atoms with van der Waals surface area (Å²) in [6.07, 6.45) is 5.34. The zero-order valence-corrected chi connectivity index (χ0v) is 14.4. The summed E-state index contributed by atoms with van der Waals surface area (Å²) in [5.41, 5.74) is 5.49. The maximum absolute atomic E-state index is 12.7. The van der Waals surface area contributed by atoms with E-state index in [4.69, 9.17) is 10.5 Å². The van der Waals surface area contributed by atoms with E-state index in [1.807, 2.05) is 0 Å². The van der Waals surface area contributed by atoms with Gasteiger partial charge in [-0.3, -0.25) is 9.59 Å². The lowest BCUT2D eigenvalue weighted by Crippen LogP contribution is -2.60. The van der Waals surface area contributed by atoms with E-state index in [9.17, 15) is 9.59 Å². The van der Waals surface area contributed by atoms with Crippen LogP contribution in [0.1, 0.15) is 38.5 Å². The van der Waals surface area contributed by atoms with Gasteiger partial charge in [-0.1, -0.05) is 0 Å². The number of hydrogen-bond donors (Lipinski definition) is 2. The second-order valence-corrected chi connectivity index (χ2v) is 7.05. The van der Waals surface area contributed by atoms with E-state index in [-0.39, 0.29) is 30.1 Å². The van der Waals surface area contributed by atoms with E-state index in [0.717, 1.165) is 19.4 Å². The molecule has 0 aromatic carbocycles. The minimum Gasteiger partial charge on any atom is -0.381 e. The van der Waals surface area contributed by atoms with Crippen molar-refractivity contribution in [3.8, 4) is 0 Å². The lowest BCUT2D eigenvalue weighted by Gasteiger charge is -2.40. The number of hydrogen-bond acceptors (Lipinski definition) is 4. The fourth-order valence-corrected chi connectivity index (χ4v) is 3.35. The van der Waals surface area contributed by atoms with Crippen LogP contribution in [0.25, 0.3) is 0 Å². The van der Waals surface area contributed by atoms with Crippen molar-refractivity contribution in [2.45, 2.75) is 44.1 Å². The SMILES string of the molecule is Cl.NC1(C(=O)N2CCCC(C(=O)NCC3CC3)C2)CCOCC1. The first kappa shape index (κ1) is 18.5. The van der Waals surface area contributed by atoms with Gasteiger partial charge in [0.05, 0.1) is 11.5 Å². The van der Waals surface area contributed by atoms with Crippen molar-refractivity contribution in [1.82, 2.24) is 10.2 Å². The molecule has 7 heteroatoms. The molecule has 2 aliphatic heterocycles. The molecule has 3 rings (SSSR count). The third-order valence-corrected chi connectivity index (χ3v) is 5.15. The Bertz CT molecular complexity index is 436. The number of rotatable bonds is 4. The number of nitrogens with one attached hydrogen (secondary N) is 1. The third-order valence-electron chi connectivity index (χ3n) is 5.15. The van der Waals surface area contributed by atoms with E-state index < -0.39 is 5.54 Å². The van der Waals surface area contributed by atoms with Crippen LogP contribution in [0.5, 0.6) is 0 Å². The van der Waals surface area contributed by atoms with Crippen LogP contribution in [-0.4, -0.2) is 55.1 Å². The minimum absolute atomic E-state index is 0. The summed E-state index contributed by atoms with van der Waals surface area (Å²) in [7, 11) is 0. The van der Waals surface area contributed by atoms with Gasteiger partial charge in [-0.2, -0.15) is 0 Å². The van der Waals surface area contributed by atoms with Crippen LogP contribution < -0.4 is 11.1 Å². The van der Waals surface area contributed by atoms with Gasteiger partial charge in [0, 0.05) is 32.8 Å². The second-order valence-electron chi connectivity index (χ2n) is 7.05. The van der Waals surface area contributed by atoms with Gasteiger partial charge < -0.3 is 20.7 Å². The van der Waals surface area contributed by atoms with Crippen LogP contribution in [0.2, 0.25) is 0 Å². The van der Waals surface area contributed by atoms with Crippen molar-refractivity contribution in [3.05, 3.63) is 0 Å². The van der Waals surface area contributed by atoms with Crippen LogP contribution >= 0.6 is 12.4 Å². The highest BCUT2D eigenvalue weighted by molar-refractivity contribution is 5.87. The summed E-state index contributed by atoms with van der Waals surface area (Å²) in [5, 5.41) is 3.03. The summed E-state index contributed by atoms with van der Waals surface area (Å²) >= 11 is 0. The molecular weight excluding hydrogens is 318 g/mol. The molecule has 6 nitrogen and oxygen atoms in total. The number of likely N-dealkylation sites (tertiary alicyclic amines) is 1. The van der Waals surface area contributed by atoms with Gasteiger partial charge in [-0.05, 0) is 44.4 Å².